The summed E-state index contributed by atoms with van der Waals surface area (Å²) in [6.07, 6.45) is 6.50. The fourth-order valence-electron chi connectivity index (χ4n) is 2.97. The monoisotopic (exact) mass is 330 g/mol. The van der Waals surface area contributed by atoms with Crippen molar-refractivity contribution in [3.05, 3.63) is 41.3 Å². The van der Waals surface area contributed by atoms with Crippen molar-refractivity contribution in [2.24, 2.45) is 10.7 Å². The summed E-state index contributed by atoms with van der Waals surface area (Å²) in [6, 6.07) is 2.05. The molecule has 0 amide bonds. The average Bonchev–Trinajstić information content (AvgIpc) is 3.18. The molecule has 1 aliphatic carbocycles. The van der Waals surface area contributed by atoms with E-state index in [1.165, 1.54) is 12.8 Å². The fraction of sp³-hybridized carbons (Fsp3) is 0.500. The molecule has 1 fully saturated rings. The van der Waals surface area contributed by atoms with Crippen molar-refractivity contribution in [1.29, 1.82) is 0 Å². The Labute approximate surface area is 140 Å². The maximum absolute atomic E-state index is 5.90. The zero-order valence-electron chi connectivity index (χ0n) is 13.7. The molecule has 4 N–H and O–H groups in total. The van der Waals surface area contributed by atoms with Gasteiger partial charge in [0.2, 0.25) is 0 Å². The van der Waals surface area contributed by atoms with Gasteiger partial charge in [-0.05, 0) is 18.9 Å². The third kappa shape index (κ3) is 2.96. The first-order valence-corrected chi connectivity index (χ1v) is 8.22. The van der Waals surface area contributed by atoms with Crippen molar-refractivity contribution in [1.82, 2.24) is 20.7 Å². The molecule has 8 nitrogen and oxygen atoms in total. The van der Waals surface area contributed by atoms with Gasteiger partial charge in [0, 0.05) is 31.8 Å². The largest absolute Gasteiger partial charge is 0.383 e. The lowest BCUT2D eigenvalue weighted by molar-refractivity contribution is 0.179. The van der Waals surface area contributed by atoms with Crippen molar-refractivity contribution in [3.8, 4) is 0 Å². The van der Waals surface area contributed by atoms with E-state index in [0.717, 1.165) is 29.5 Å². The van der Waals surface area contributed by atoms with Gasteiger partial charge < -0.3 is 30.5 Å². The Balaban J connectivity index is 1.49. The molecule has 3 aliphatic rings. The summed E-state index contributed by atoms with van der Waals surface area (Å²) >= 11 is 0. The molecule has 2 aliphatic heterocycles. The average molecular weight is 330 g/mol. The van der Waals surface area contributed by atoms with Gasteiger partial charge >= 0.3 is 0 Å². The summed E-state index contributed by atoms with van der Waals surface area (Å²) in [5.74, 6) is 2.71. The molecule has 8 heteroatoms. The number of guanidine groups is 1. The minimum Gasteiger partial charge on any atom is -0.383 e. The first kappa shape index (κ1) is 15.1. The number of aromatic nitrogens is 1. The van der Waals surface area contributed by atoms with Gasteiger partial charge in [0.05, 0.1) is 24.9 Å². The second kappa shape index (κ2) is 6.20. The van der Waals surface area contributed by atoms with Crippen LogP contribution >= 0.6 is 0 Å². The Morgan fingerprint density at radius 3 is 3.17 bits per heavy atom. The maximum atomic E-state index is 5.90. The van der Waals surface area contributed by atoms with Gasteiger partial charge in [-0.2, -0.15) is 4.99 Å². The van der Waals surface area contributed by atoms with Gasteiger partial charge in [-0.1, -0.05) is 5.16 Å². The van der Waals surface area contributed by atoms with E-state index in [2.05, 4.69) is 31.8 Å². The van der Waals surface area contributed by atoms with E-state index in [9.17, 15) is 0 Å². The second-order valence-corrected chi connectivity index (χ2v) is 6.23. The van der Waals surface area contributed by atoms with Crippen molar-refractivity contribution >= 4 is 5.96 Å². The normalized spacial score (nSPS) is 22.5. The van der Waals surface area contributed by atoms with Crippen LogP contribution in [0.15, 0.2) is 39.4 Å². The molecule has 3 heterocycles. The number of hydrogen-bond acceptors (Lipinski definition) is 8. The van der Waals surface area contributed by atoms with Gasteiger partial charge in [0.25, 0.3) is 0 Å². The Morgan fingerprint density at radius 1 is 1.50 bits per heavy atom. The van der Waals surface area contributed by atoms with Crippen LogP contribution < -0.4 is 16.4 Å². The number of nitrogens with one attached hydrogen (secondary N) is 2. The Bertz CT molecular complexity index is 703. The van der Waals surface area contributed by atoms with Crippen molar-refractivity contribution in [2.75, 3.05) is 20.3 Å². The first-order valence-electron chi connectivity index (χ1n) is 8.22. The topological polar surface area (TPSA) is 101 Å². The molecule has 1 aromatic heterocycles. The highest BCUT2D eigenvalue weighted by atomic mass is 16.5. The van der Waals surface area contributed by atoms with Gasteiger partial charge in [0.1, 0.15) is 11.5 Å². The zero-order valence-corrected chi connectivity index (χ0v) is 13.7. The summed E-state index contributed by atoms with van der Waals surface area (Å²) in [4.78, 5) is 6.55. The van der Waals surface area contributed by atoms with Crippen LogP contribution in [0.25, 0.3) is 0 Å². The van der Waals surface area contributed by atoms with Gasteiger partial charge in [0.15, 0.2) is 11.8 Å². The zero-order chi connectivity index (χ0) is 16.5. The molecule has 24 heavy (non-hydrogen) atoms. The molecule has 1 saturated carbocycles. The molecule has 1 atom stereocenters. The Hall–Kier alpha value is -2.48. The van der Waals surface area contributed by atoms with Crippen molar-refractivity contribution in [2.45, 2.75) is 31.3 Å². The third-order valence-electron chi connectivity index (χ3n) is 4.37. The Morgan fingerprint density at radius 2 is 2.38 bits per heavy atom. The summed E-state index contributed by atoms with van der Waals surface area (Å²) < 4.78 is 10.6. The lowest BCUT2D eigenvalue weighted by Gasteiger charge is -2.28. The number of methoxy groups -OCH3 is 1. The van der Waals surface area contributed by atoms with Crippen LogP contribution in [0.2, 0.25) is 0 Å². The van der Waals surface area contributed by atoms with Crippen molar-refractivity contribution in [3.63, 3.8) is 0 Å². The minimum atomic E-state index is 0.0289. The molecule has 0 spiro atoms. The van der Waals surface area contributed by atoms with E-state index in [-0.39, 0.29) is 6.04 Å². The first-order chi connectivity index (χ1) is 11.7. The number of nitrogens with zero attached hydrogens (tertiary/aromatic N) is 3. The molecular formula is C16H22N6O2. The lowest BCUT2D eigenvalue weighted by atomic mass is 10.2. The highest BCUT2D eigenvalue weighted by molar-refractivity contribution is 5.81. The third-order valence-corrected chi connectivity index (χ3v) is 4.37. The van der Waals surface area contributed by atoms with Crippen LogP contribution in [-0.2, 0) is 11.3 Å². The Kier molecular flexibility index (Phi) is 3.89. The molecule has 0 radical (unpaired) electrons. The van der Waals surface area contributed by atoms with E-state index in [4.69, 9.17) is 15.0 Å². The summed E-state index contributed by atoms with van der Waals surface area (Å²) in [5, 5.41) is 10.6. The minimum absolute atomic E-state index is 0.0289. The molecule has 128 valence electrons. The lowest BCUT2D eigenvalue weighted by Crippen LogP contribution is -2.46. The van der Waals surface area contributed by atoms with Gasteiger partial charge in [-0.25, -0.2) is 0 Å². The van der Waals surface area contributed by atoms with Crippen LogP contribution in [0.5, 0.6) is 0 Å². The van der Waals surface area contributed by atoms with Gasteiger partial charge in [-0.3, -0.25) is 0 Å². The maximum Gasteiger partial charge on any atom is 0.196 e. The number of nitrogens with two attached hydrogens (primary N) is 1. The van der Waals surface area contributed by atoms with Gasteiger partial charge in [-0.15, -0.1) is 0 Å². The highest BCUT2D eigenvalue weighted by Gasteiger charge is 2.30. The number of hydrogen-bond donors (Lipinski definition) is 3. The van der Waals surface area contributed by atoms with E-state index < -0.39 is 0 Å². The molecule has 0 aromatic carbocycles. The number of fused-ring (bicyclic) bond motifs is 1. The summed E-state index contributed by atoms with van der Waals surface area (Å²) in [6.45, 7) is 1.95. The standard InChI is InChI=1S/C16H22N6O2/c1-23-7-6-22-5-4-12-14(22)15(20-16(17)19-12)18-9-11-8-13(24-21-11)10-2-3-10/h4-5,8,10,12,18H,2-3,6-7,9H2,1H3,(H3,17,19,20). The van der Waals surface area contributed by atoms with E-state index in [1.807, 2.05) is 12.3 Å². The molecule has 4 rings (SSSR count). The van der Waals surface area contributed by atoms with E-state index in [1.54, 1.807) is 7.11 Å². The predicted molar refractivity (Wildman–Crippen MR) is 88.6 cm³/mol. The molecule has 1 aromatic rings. The van der Waals surface area contributed by atoms with Crippen molar-refractivity contribution < 1.29 is 9.26 Å². The van der Waals surface area contributed by atoms with Crippen LogP contribution in [0.1, 0.15) is 30.2 Å². The molecule has 0 saturated heterocycles. The van der Waals surface area contributed by atoms with E-state index in [0.29, 0.717) is 25.0 Å². The summed E-state index contributed by atoms with van der Waals surface area (Å²) in [7, 11) is 1.70. The molecule has 1 unspecified atom stereocenters. The quantitative estimate of drug-likeness (QED) is 0.672. The number of aliphatic imine (C=N–C) groups is 1. The summed E-state index contributed by atoms with van der Waals surface area (Å²) in [5.41, 5.74) is 7.83. The smallest absolute Gasteiger partial charge is 0.196 e. The highest BCUT2D eigenvalue weighted by Crippen LogP contribution is 2.40. The fourth-order valence-corrected chi connectivity index (χ4v) is 2.97. The van der Waals surface area contributed by atoms with Crippen LogP contribution in [-0.4, -0.2) is 42.3 Å². The predicted octanol–water partition coefficient (Wildman–Crippen LogP) is 0.573. The van der Waals surface area contributed by atoms with Crippen LogP contribution in [0, 0.1) is 0 Å². The van der Waals surface area contributed by atoms with E-state index >= 15 is 0 Å². The number of ether oxygens (including phenoxy) is 1. The molecular weight excluding hydrogens is 308 g/mol. The second-order valence-electron chi connectivity index (χ2n) is 6.23. The number of rotatable bonds is 7. The van der Waals surface area contributed by atoms with Crippen LogP contribution in [0.3, 0.4) is 0 Å². The SMILES string of the molecule is COCCN1C=CC2NC(N)=NC(NCc3cc(C4CC4)on3)=C21. The molecule has 0 bridgehead atoms. The van der Waals surface area contributed by atoms with Crippen LogP contribution in [0.4, 0.5) is 0 Å².